The first-order chi connectivity index (χ1) is 12.5. The molecule has 0 radical (unpaired) electrons. The highest BCUT2D eigenvalue weighted by atomic mass is 16.4. The van der Waals surface area contributed by atoms with Gasteiger partial charge < -0.3 is 9.32 Å². The fourth-order valence-corrected chi connectivity index (χ4v) is 2.76. The highest BCUT2D eigenvalue weighted by Crippen LogP contribution is 2.26. The zero-order valence-electron chi connectivity index (χ0n) is 14.4. The van der Waals surface area contributed by atoms with Gasteiger partial charge in [-0.1, -0.05) is 12.1 Å². The number of hydrogen-bond donors (Lipinski definition) is 0. The predicted molar refractivity (Wildman–Crippen MR) is 94.4 cm³/mol. The van der Waals surface area contributed by atoms with Crippen LogP contribution >= 0.6 is 0 Å². The van der Waals surface area contributed by atoms with Crippen LogP contribution in [0.4, 0.5) is 0 Å². The summed E-state index contributed by atoms with van der Waals surface area (Å²) in [5, 5.41) is 18.4. The second kappa shape index (κ2) is 7.00. The third kappa shape index (κ3) is 3.09. The van der Waals surface area contributed by atoms with E-state index in [0.717, 1.165) is 5.56 Å². The smallest absolute Gasteiger partial charge is 0.258 e. The van der Waals surface area contributed by atoms with Crippen LogP contribution in [-0.2, 0) is 6.54 Å². The number of aryl methyl sites for hydroxylation is 1. The van der Waals surface area contributed by atoms with Gasteiger partial charge in [-0.25, -0.2) is 0 Å². The van der Waals surface area contributed by atoms with E-state index in [1.165, 1.54) is 4.90 Å². The molecule has 6 nitrogen and oxygen atoms in total. The number of rotatable bonds is 4. The Kier molecular flexibility index (Phi) is 4.59. The third-order valence-corrected chi connectivity index (χ3v) is 4.08. The Bertz CT molecular complexity index is 1020. The van der Waals surface area contributed by atoms with Gasteiger partial charge in [-0.05, 0) is 36.8 Å². The molecule has 0 saturated heterocycles. The van der Waals surface area contributed by atoms with E-state index >= 15 is 0 Å². The van der Waals surface area contributed by atoms with Gasteiger partial charge in [-0.15, -0.1) is 0 Å². The van der Waals surface area contributed by atoms with Gasteiger partial charge in [0, 0.05) is 26.0 Å². The van der Waals surface area contributed by atoms with Gasteiger partial charge in [0.25, 0.3) is 5.91 Å². The summed E-state index contributed by atoms with van der Waals surface area (Å²) in [6.45, 7) is 2.04. The normalized spacial score (nSPS) is 10.2. The zero-order valence-corrected chi connectivity index (χ0v) is 14.4. The Labute approximate surface area is 151 Å². The monoisotopic (exact) mass is 344 g/mol. The van der Waals surface area contributed by atoms with E-state index in [-0.39, 0.29) is 17.0 Å². The minimum Gasteiger partial charge on any atom is -0.443 e. The molecule has 128 valence electrons. The molecule has 0 aliphatic rings. The Balaban J connectivity index is 1.89. The summed E-state index contributed by atoms with van der Waals surface area (Å²) in [6.07, 6.45) is 3.52. The first-order valence-corrected chi connectivity index (χ1v) is 7.96. The number of nitrogens with zero attached hydrogens (tertiary/aromatic N) is 4. The van der Waals surface area contributed by atoms with Crippen LogP contribution in [0, 0.1) is 29.6 Å². The Morgan fingerprint density at radius 3 is 2.38 bits per heavy atom. The van der Waals surface area contributed by atoms with Crippen molar-refractivity contribution in [2.75, 3.05) is 7.05 Å². The number of nitriles is 2. The summed E-state index contributed by atoms with van der Waals surface area (Å²) >= 11 is 0. The number of hydrogen-bond acceptors (Lipinski definition) is 4. The van der Waals surface area contributed by atoms with Crippen LogP contribution in [0.25, 0.3) is 5.88 Å². The van der Waals surface area contributed by atoms with Crippen molar-refractivity contribution < 1.29 is 9.21 Å². The first kappa shape index (κ1) is 17.1. The minimum absolute atomic E-state index is 0.218. The lowest BCUT2D eigenvalue weighted by molar-refractivity contribution is 0.0783. The summed E-state index contributed by atoms with van der Waals surface area (Å²) in [6, 6.07) is 14.8. The maximum absolute atomic E-state index is 12.9. The van der Waals surface area contributed by atoms with E-state index in [2.05, 4.69) is 12.1 Å². The number of aromatic nitrogens is 1. The standard InChI is InChI=1S/C20H16N4O2/c1-14-18(17(12-22)20(26-14)24-9-3-4-10-24)19(25)23(2)13-16-7-5-15(11-21)6-8-16/h3-10H,13H2,1-2H3. The van der Waals surface area contributed by atoms with Crippen LogP contribution in [-0.4, -0.2) is 22.4 Å². The molecule has 0 bridgehead atoms. The van der Waals surface area contributed by atoms with Gasteiger partial charge in [-0.2, -0.15) is 10.5 Å². The number of benzene rings is 1. The summed E-state index contributed by atoms with van der Waals surface area (Å²) in [5.74, 6) is 0.456. The zero-order chi connectivity index (χ0) is 18.7. The van der Waals surface area contributed by atoms with Gasteiger partial charge in [-0.3, -0.25) is 9.36 Å². The third-order valence-electron chi connectivity index (χ3n) is 4.08. The van der Waals surface area contributed by atoms with Crippen LogP contribution in [0.3, 0.4) is 0 Å². The first-order valence-electron chi connectivity index (χ1n) is 7.96. The van der Waals surface area contributed by atoms with Crippen molar-refractivity contribution in [3.8, 4) is 18.0 Å². The summed E-state index contributed by atoms with van der Waals surface area (Å²) < 4.78 is 7.36. The van der Waals surface area contributed by atoms with Crippen molar-refractivity contribution in [3.05, 3.63) is 76.8 Å². The van der Waals surface area contributed by atoms with Crippen LogP contribution in [0.1, 0.15) is 32.8 Å². The molecule has 1 aromatic carbocycles. The summed E-state index contributed by atoms with van der Waals surface area (Å²) in [5.41, 5.74) is 1.95. The quantitative estimate of drug-likeness (QED) is 0.726. The van der Waals surface area contributed by atoms with E-state index in [4.69, 9.17) is 9.68 Å². The molecule has 3 aromatic rings. The lowest BCUT2D eigenvalue weighted by atomic mass is 10.1. The highest BCUT2D eigenvalue weighted by Gasteiger charge is 2.26. The van der Waals surface area contributed by atoms with E-state index in [1.54, 1.807) is 55.2 Å². The average Bonchev–Trinajstić information content (AvgIpc) is 3.29. The molecule has 2 heterocycles. The number of furan rings is 1. The maximum Gasteiger partial charge on any atom is 0.258 e. The van der Waals surface area contributed by atoms with Crippen molar-refractivity contribution >= 4 is 5.91 Å². The van der Waals surface area contributed by atoms with E-state index in [1.807, 2.05) is 12.1 Å². The minimum atomic E-state index is -0.287. The number of carbonyl (C=O) groups excluding carboxylic acids is 1. The average molecular weight is 344 g/mol. The van der Waals surface area contributed by atoms with Crippen molar-refractivity contribution in [2.45, 2.75) is 13.5 Å². The molecular weight excluding hydrogens is 328 g/mol. The molecule has 0 atom stereocenters. The Morgan fingerprint density at radius 1 is 1.15 bits per heavy atom. The van der Waals surface area contributed by atoms with Crippen molar-refractivity contribution in [2.24, 2.45) is 0 Å². The second-order valence-electron chi connectivity index (χ2n) is 5.89. The van der Waals surface area contributed by atoms with Gasteiger partial charge in [0.1, 0.15) is 23.0 Å². The second-order valence-corrected chi connectivity index (χ2v) is 5.89. The molecule has 0 unspecified atom stereocenters. The topological polar surface area (TPSA) is 86.0 Å². The van der Waals surface area contributed by atoms with Crippen LogP contribution in [0.15, 0.2) is 53.2 Å². The van der Waals surface area contributed by atoms with Gasteiger partial charge in [0.2, 0.25) is 5.88 Å². The summed E-state index contributed by atoms with van der Waals surface area (Å²) in [4.78, 5) is 14.4. The number of carbonyl (C=O) groups is 1. The molecule has 1 amide bonds. The van der Waals surface area contributed by atoms with Crippen molar-refractivity contribution in [1.29, 1.82) is 10.5 Å². The van der Waals surface area contributed by atoms with Gasteiger partial charge in [0.05, 0.1) is 11.6 Å². The number of amides is 1. The van der Waals surface area contributed by atoms with E-state index in [0.29, 0.717) is 23.8 Å². The van der Waals surface area contributed by atoms with E-state index in [9.17, 15) is 10.1 Å². The van der Waals surface area contributed by atoms with Crippen LogP contribution < -0.4 is 0 Å². The van der Waals surface area contributed by atoms with Crippen molar-refractivity contribution in [1.82, 2.24) is 9.47 Å². The molecule has 0 aliphatic heterocycles. The molecule has 0 saturated carbocycles. The van der Waals surface area contributed by atoms with Crippen molar-refractivity contribution in [3.63, 3.8) is 0 Å². The fourth-order valence-electron chi connectivity index (χ4n) is 2.76. The molecule has 0 N–H and O–H groups in total. The largest absolute Gasteiger partial charge is 0.443 e. The maximum atomic E-state index is 12.9. The Hall–Kier alpha value is -3.77. The molecule has 0 fully saturated rings. The molecule has 26 heavy (non-hydrogen) atoms. The van der Waals surface area contributed by atoms with Crippen LogP contribution in [0.2, 0.25) is 0 Å². The highest BCUT2D eigenvalue weighted by molar-refractivity contribution is 5.98. The lowest BCUT2D eigenvalue weighted by Crippen LogP contribution is -2.27. The van der Waals surface area contributed by atoms with Gasteiger partial charge in [0.15, 0.2) is 0 Å². The summed E-state index contributed by atoms with van der Waals surface area (Å²) in [7, 11) is 1.67. The predicted octanol–water partition coefficient (Wildman–Crippen LogP) is 3.39. The van der Waals surface area contributed by atoms with Gasteiger partial charge >= 0.3 is 0 Å². The SMILES string of the molecule is Cc1oc(-n2cccc2)c(C#N)c1C(=O)N(C)Cc1ccc(C#N)cc1. The molecule has 0 aliphatic carbocycles. The lowest BCUT2D eigenvalue weighted by Gasteiger charge is -2.17. The molecule has 3 rings (SSSR count). The van der Waals surface area contributed by atoms with Crippen LogP contribution in [0.5, 0.6) is 0 Å². The fraction of sp³-hybridized carbons (Fsp3) is 0.150. The molecule has 6 heteroatoms. The molecule has 0 spiro atoms. The molecular formula is C20H16N4O2. The Morgan fingerprint density at radius 2 is 1.81 bits per heavy atom. The van der Waals surface area contributed by atoms with E-state index < -0.39 is 0 Å². The molecule has 2 aromatic heterocycles.